The molecule has 0 saturated carbocycles. The zero-order valence-electron chi connectivity index (χ0n) is 8.89. The van der Waals surface area contributed by atoms with E-state index in [1.54, 1.807) is 0 Å². The summed E-state index contributed by atoms with van der Waals surface area (Å²) >= 11 is 0. The Labute approximate surface area is 86.4 Å². The van der Waals surface area contributed by atoms with E-state index in [1.807, 2.05) is 0 Å². The second kappa shape index (κ2) is 5.35. The van der Waals surface area contributed by atoms with Crippen molar-refractivity contribution in [1.82, 2.24) is 10.6 Å². The number of hydrogen-bond acceptors (Lipinski definition) is 3. The first kappa shape index (κ1) is 9.97. The largest absolute Gasteiger partial charge is 0.374 e. The first-order valence-corrected chi connectivity index (χ1v) is 5.93. The Balaban J connectivity index is 1.59. The van der Waals surface area contributed by atoms with Crippen LogP contribution in [0.1, 0.15) is 32.1 Å². The third-order valence-electron chi connectivity index (χ3n) is 3.17. The van der Waals surface area contributed by atoms with Crippen LogP contribution in [0.25, 0.3) is 0 Å². The van der Waals surface area contributed by atoms with E-state index in [0.29, 0.717) is 0 Å². The van der Waals surface area contributed by atoms with Crippen molar-refractivity contribution in [2.24, 2.45) is 10.9 Å². The van der Waals surface area contributed by atoms with Gasteiger partial charge >= 0.3 is 0 Å². The lowest BCUT2D eigenvalue weighted by Crippen LogP contribution is -2.28. The van der Waals surface area contributed by atoms with E-state index in [1.165, 1.54) is 51.0 Å². The molecule has 2 heterocycles. The Kier molecular flexibility index (Phi) is 3.80. The molecule has 3 heteroatoms. The van der Waals surface area contributed by atoms with E-state index in [0.717, 1.165) is 19.0 Å². The number of rotatable bonds is 3. The zero-order chi connectivity index (χ0) is 9.64. The predicted octanol–water partition coefficient (Wildman–Crippen LogP) is 1.16. The molecule has 1 saturated heterocycles. The molecule has 1 atom stereocenters. The molecule has 2 N–H and O–H groups in total. The van der Waals surface area contributed by atoms with Crippen molar-refractivity contribution in [2.75, 3.05) is 26.2 Å². The minimum Gasteiger partial charge on any atom is -0.374 e. The van der Waals surface area contributed by atoms with Gasteiger partial charge in [-0.2, -0.15) is 0 Å². The number of hydrogen-bond donors (Lipinski definition) is 2. The van der Waals surface area contributed by atoms with Crippen molar-refractivity contribution in [3.05, 3.63) is 0 Å². The Bertz CT molecular complexity index is 195. The molecule has 0 bridgehead atoms. The van der Waals surface area contributed by atoms with E-state index in [9.17, 15) is 0 Å². The summed E-state index contributed by atoms with van der Waals surface area (Å²) in [6.45, 7) is 4.58. The lowest BCUT2D eigenvalue weighted by atomic mass is 10.1. The highest BCUT2D eigenvalue weighted by Gasteiger charge is 2.13. The molecule has 0 aromatic carbocycles. The fraction of sp³-hybridized carbons (Fsp3) is 0.909. The van der Waals surface area contributed by atoms with Gasteiger partial charge in [0, 0.05) is 19.5 Å². The number of nitrogens with zero attached hydrogens (tertiary/aromatic N) is 1. The molecule has 0 radical (unpaired) electrons. The summed E-state index contributed by atoms with van der Waals surface area (Å²) in [6.07, 6.45) is 6.41. The summed E-state index contributed by atoms with van der Waals surface area (Å²) in [6, 6.07) is 0. The number of nitrogens with one attached hydrogen (secondary N) is 2. The molecule has 2 aliphatic rings. The second-order valence-corrected chi connectivity index (χ2v) is 4.36. The van der Waals surface area contributed by atoms with Crippen molar-refractivity contribution in [3.8, 4) is 0 Å². The van der Waals surface area contributed by atoms with Crippen molar-refractivity contribution in [1.29, 1.82) is 0 Å². The van der Waals surface area contributed by atoms with Gasteiger partial charge in [-0.3, -0.25) is 4.99 Å². The van der Waals surface area contributed by atoms with Gasteiger partial charge in [-0.25, -0.2) is 0 Å². The van der Waals surface area contributed by atoms with Crippen LogP contribution in [0.3, 0.4) is 0 Å². The molecule has 0 spiro atoms. The minimum atomic E-state index is 0.895. The van der Waals surface area contributed by atoms with Gasteiger partial charge in [0.1, 0.15) is 0 Å². The highest BCUT2D eigenvalue weighted by Crippen LogP contribution is 2.11. The molecule has 80 valence electrons. The van der Waals surface area contributed by atoms with Crippen LogP contribution in [0.15, 0.2) is 4.99 Å². The fourth-order valence-corrected chi connectivity index (χ4v) is 2.22. The maximum Gasteiger partial charge on any atom is 0.0963 e. The van der Waals surface area contributed by atoms with E-state index in [4.69, 9.17) is 0 Å². The quantitative estimate of drug-likeness (QED) is 0.709. The van der Waals surface area contributed by atoms with Gasteiger partial charge in [-0.15, -0.1) is 0 Å². The molecule has 0 aliphatic carbocycles. The standard InChI is InChI=1S/C11H21N3/c1-2-6-13-11(3-1)14-8-5-10-4-7-12-9-10/h10,12H,1-9H2,(H,13,14). The average Bonchev–Trinajstić information content (AvgIpc) is 2.72. The Hall–Kier alpha value is -0.570. The second-order valence-electron chi connectivity index (χ2n) is 4.36. The molecule has 0 amide bonds. The molecule has 14 heavy (non-hydrogen) atoms. The first-order valence-electron chi connectivity index (χ1n) is 5.93. The van der Waals surface area contributed by atoms with Crippen LogP contribution in [0, 0.1) is 5.92 Å². The Morgan fingerprint density at radius 2 is 2.43 bits per heavy atom. The van der Waals surface area contributed by atoms with E-state index in [2.05, 4.69) is 15.6 Å². The highest BCUT2D eigenvalue weighted by atomic mass is 15.0. The smallest absolute Gasteiger partial charge is 0.0963 e. The third kappa shape index (κ3) is 2.98. The van der Waals surface area contributed by atoms with Gasteiger partial charge in [0.2, 0.25) is 0 Å². The van der Waals surface area contributed by atoms with E-state index in [-0.39, 0.29) is 0 Å². The molecule has 1 fully saturated rings. The maximum atomic E-state index is 4.48. The van der Waals surface area contributed by atoms with Crippen LogP contribution < -0.4 is 10.6 Å². The van der Waals surface area contributed by atoms with Gasteiger partial charge in [-0.05, 0) is 44.7 Å². The summed E-state index contributed by atoms with van der Waals surface area (Å²) < 4.78 is 0. The fourth-order valence-electron chi connectivity index (χ4n) is 2.22. The molecular formula is C11H21N3. The number of aliphatic imine (C=N–C) groups is 1. The SMILES string of the molecule is C1CCC(NCCC2CCNC2)=NC1. The van der Waals surface area contributed by atoms with Crippen molar-refractivity contribution in [2.45, 2.75) is 32.1 Å². The highest BCUT2D eigenvalue weighted by molar-refractivity contribution is 5.82. The summed E-state index contributed by atoms with van der Waals surface area (Å²) in [5.41, 5.74) is 0. The molecule has 2 aliphatic heterocycles. The zero-order valence-corrected chi connectivity index (χ0v) is 8.89. The lowest BCUT2D eigenvalue weighted by molar-refractivity contribution is 0.524. The predicted molar refractivity (Wildman–Crippen MR) is 59.7 cm³/mol. The van der Waals surface area contributed by atoms with Crippen molar-refractivity contribution in [3.63, 3.8) is 0 Å². The number of amidine groups is 1. The van der Waals surface area contributed by atoms with E-state index >= 15 is 0 Å². The summed E-state index contributed by atoms with van der Waals surface area (Å²) in [5, 5.41) is 6.87. The third-order valence-corrected chi connectivity index (χ3v) is 3.17. The molecule has 2 rings (SSSR count). The molecular weight excluding hydrogens is 174 g/mol. The summed E-state index contributed by atoms with van der Waals surface area (Å²) in [7, 11) is 0. The van der Waals surface area contributed by atoms with Crippen LogP contribution >= 0.6 is 0 Å². The maximum absolute atomic E-state index is 4.48. The molecule has 0 aromatic heterocycles. The Morgan fingerprint density at radius 1 is 1.43 bits per heavy atom. The van der Waals surface area contributed by atoms with Crippen LogP contribution in [-0.4, -0.2) is 32.0 Å². The van der Waals surface area contributed by atoms with Gasteiger partial charge < -0.3 is 10.6 Å². The van der Waals surface area contributed by atoms with Crippen LogP contribution in [-0.2, 0) is 0 Å². The molecule has 3 nitrogen and oxygen atoms in total. The van der Waals surface area contributed by atoms with Crippen molar-refractivity contribution >= 4 is 5.84 Å². The average molecular weight is 195 g/mol. The lowest BCUT2D eigenvalue weighted by Gasteiger charge is -2.15. The molecule has 1 unspecified atom stereocenters. The van der Waals surface area contributed by atoms with Gasteiger partial charge in [-0.1, -0.05) is 0 Å². The van der Waals surface area contributed by atoms with Gasteiger partial charge in [0.05, 0.1) is 5.84 Å². The van der Waals surface area contributed by atoms with E-state index < -0.39 is 0 Å². The van der Waals surface area contributed by atoms with Crippen molar-refractivity contribution < 1.29 is 0 Å². The van der Waals surface area contributed by atoms with Gasteiger partial charge in [0.25, 0.3) is 0 Å². The summed E-state index contributed by atoms with van der Waals surface area (Å²) in [5.74, 6) is 2.15. The normalized spacial score (nSPS) is 27.4. The van der Waals surface area contributed by atoms with Crippen LogP contribution in [0.4, 0.5) is 0 Å². The monoisotopic (exact) mass is 195 g/mol. The van der Waals surface area contributed by atoms with Crippen LogP contribution in [0.5, 0.6) is 0 Å². The first-order chi connectivity index (χ1) is 6.95. The summed E-state index contributed by atoms with van der Waals surface area (Å²) in [4.78, 5) is 4.48. The van der Waals surface area contributed by atoms with Crippen LogP contribution in [0.2, 0.25) is 0 Å². The Morgan fingerprint density at radius 3 is 3.14 bits per heavy atom. The molecule has 0 aromatic rings. The van der Waals surface area contributed by atoms with Gasteiger partial charge in [0.15, 0.2) is 0 Å². The minimum absolute atomic E-state index is 0.895. The topological polar surface area (TPSA) is 36.4 Å².